The highest BCUT2D eigenvalue weighted by Crippen LogP contribution is 2.52. The lowest BCUT2D eigenvalue weighted by Crippen LogP contribution is -2.42. The first-order valence-electron chi connectivity index (χ1n) is 9.75. The van der Waals surface area contributed by atoms with Crippen LogP contribution in [-0.2, 0) is 15.8 Å². The van der Waals surface area contributed by atoms with Crippen molar-refractivity contribution in [3.8, 4) is 11.4 Å². The highest BCUT2D eigenvalue weighted by atomic mass is 32.1. The van der Waals surface area contributed by atoms with Gasteiger partial charge in [-0.1, -0.05) is 26.0 Å². The Morgan fingerprint density at radius 3 is 2.53 bits per heavy atom. The zero-order valence-electron chi connectivity index (χ0n) is 16.9. The zero-order chi connectivity index (χ0) is 21.3. The van der Waals surface area contributed by atoms with Crippen molar-refractivity contribution in [2.24, 2.45) is 0 Å². The lowest BCUT2D eigenvalue weighted by atomic mass is 9.78. The molecule has 4 aromatic rings. The summed E-state index contributed by atoms with van der Waals surface area (Å²) in [5, 5.41) is 13.6. The number of phenolic OH excluding ortho intramolecular Hbond substituents is 1. The van der Waals surface area contributed by atoms with Gasteiger partial charge in [0.15, 0.2) is 11.6 Å². The van der Waals surface area contributed by atoms with Crippen molar-refractivity contribution in [1.82, 2.24) is 4.57 Å². The first-order valence-corrected chi connectivity index (χ1v) is 10.6. The molecule has 30 heavy (non-hydrogen) atoms. The second-order valence-electron chi connectivity index (χ2n) is 8.51. The molecule has 1 unspecified atom stereocenters. The molecule has 154 valence electrons. The average molecular weight is 426 g/mol. The third kappa shape index (κ3) is 2.57. The number of hydrogen-bond donors (Lipinski definition) is 1. The molecule has 6 heteroatoms. The van der Waals surface area contributed by atoms with Gasteiger partial charge in [-0.3, -0.25) is 0 Å². The minimum absolute atomic E-state index is 0.133. The van der Waals surface area contributed by atoms with Gasteiger partial charge in [0.05, 0.1) is 12.1 Å². The van der Waals surface area contributed by atoms with Gasteiger partial charge in [-0.25, -0.2) is 8.78 Å². The van der Waals surface area contributed by atoms with E-state index in [-0.39, 0.29) is 5.75 Å². The fraction of sp³-hybridized carbons (Fsp3) is 0.250. The monoisotopic (exact) mass is 425 g/mol. The van der Waals surface area contributed by atoms with Crippen LogP contribution in [0.5, 0.6) is 5.75 Å². The van der Waals surface area contributed by atoms with E-state index in [1.54, 1.807) is 29.5 Å². The van der Waals surface area contributed by atoms with E-state index in [1.807, 2.05) is 35.1 Å². The second kappa shape index (κ2) is 6.40. The van der Waals surface area contributed by atoms with Gasteiger partial charge in [-0.15, -0.1) is 11.3 Å². The van der Waals surface area contributed by atoms with E-state index >= 15 is 0 Å². The summed E-state index contributed by atoms with van der Waals surface area (Å²) >= 11 is 1.59. The summed E-state index contributed by atoms with van der Waals surface area (Å²) in [7, 11) is 0. The molecular weight excluding hydrogens is 404 g/mol. The van der Waals surface area contributed by atoms with Gasteiger partial charge >= 0.3 is 0 Å². The van der Waals surface area contributed by atoms with E-state index in [9.17, 15) is 13.9 Å². The maximum Gasteiger partial charge on any atom is 0.160 e. The highest BCUT2D eigenvalue weighted by Gasteiger charge is 2.47. The normalized spacial score (nSPS) is 20.4. The Hall–Kier alpha value is -2.70. The number of nitrogens with zero attached hydrogens (tertiary/aromatic N) is 1. The molecule has 2 aromatic heterocycles. The predicted molar refractivity (Wildman–Crippen MR) is 115 cm³/mol. The highest BCUT2D eigenvalue weighted by molar-refractivity contribution is 7.10. The van der Waals surface area contributed by atoms with E-state index in [4.69, 9.17) is 4.74 Å². The molecule has 0 fully saturated rings. The number of fused-ring (bicyclic) bond motifs is 3. The van der Waals surface area contributed by atoms with Crippen LogP contribution >= 0.6 is 11.3 Å². The van der Waals surface area contributed by atoms with Crippen LogP contribution in [0, 0.1) is 11.6 Å². The maximum absolute atomic E-state index is 14.2. The van der Waals surface area contributed by atoms with Crippen LogP contribution in [0.3, 0.4) is 0 Å². The molecule has 0 spiro atoms. The van der Waals surface area contributed by atoms with Gasteiger partial charge in [0.25, 0.3) is 0 Å². The van der Waals surface area contributed by atoms with E-state index in [0.29, 0.717) is 17.7 Å². The summed E-state index contributed by atoms with van der Waals surface area (Å²) in [6.45, 7) is 6.57. The number of rotatable bonds is 2. The lowest BCUT2D eigenvalue weighted by molar-refractivity contribution is -0.0414. The summed E-state index contributed by atoms with van der Waals surface area (Å²) in [6, 6.07) is 13.2. The van der Waals surface area contributed by atoms with Gasteiger partial charge < -0.3 is 14.4 Å². The van der Waals surface area contributed by atoms with Gasteiger partial charge in [0, 0.05) is 38.7 Å². The van der Waals surface area contributed by atoms with Gasteiger partial charge in [0.2, 0.25) is 0 Å². The smallest absolute Gasteiger partial charge is 0.160 e. The minimum atomic E-state index is -0.908. The number of benzene rings is 2. The molecule has 1 aliphatic heterocycles. The Morgan fingerprint density at radius 1 is 1.03 bits per heavy atom. The van der Waals surface area contributed by atoms with Crippen LogP contribution in [0.25, 0.3) is 16.6 Å². The first-order chi connectivity index (χ1) is 14.2. The molecule has 1 atom stereocenters. The quantitative estimate of drug-likeness (QED) is 0.412. The molecule has 0 aliphatic carbocycles. The molecule has 0 saturated heterocycles. The third-order valence-corrected chi connectivity index (χ3v) is 7.04. The van der Waals surface area contributed by atoms with Crippen molar-refractivity contribution in [2.75, 3.05) is 6.61 Å². The molecule has 0 saturated carbocycles. The molecule has 3 heterocycles. The molecular formula is C24H21F2NO2S. The number of ether oxygens (including phenoxy) is 1. The van der Waals surface area contributed by atoms with Crippen LogP contribution in [0.4, 0.5) is 8.78 Å². The van der Waals surface area contributed by atoms with Crippen LogP contribution < -0.4 is 0 Å². The number of aromatic hydroxyl groups is 1. The predicted octanol–water partition coefficient (Wildman–Crippen LogP) is 6.25. The largest absolute Gasteiger partial charge is 0.507 e. The molecule has 1 N–H and O–H groups in total. The molecule has 3 nitrogen and oxygen atoms in total. The minimum Gasteiger partial charge on any atom is -0.507 e. The fourth-order valence-corrected chi connectivity index (χ4v) is 5.38. The Kier molecular flexibility index (Phi) is 4.11. The van der Waals surface area contributed by atoms with Crippen molar-refractivity contribution < 1.29 is 18.6 Å². The maximum atomic E-state index is 14.2. The third-order valence-electron chi connectivity index (χ3n) is 5.96. The fourth-order valence-electron chi connectivity index (χ4n) is 4.53. The van der Waals surface area contributed by atoms with E-state index < -0.39 is 22.7 Å². The number of phenols is 1. The molecule has 5 rings (SSSR count). The van der Waals surface area contributed by atoms with Crippen LogP contribution in [0.2, 0.25) is 0 Å². The van der Waals surface area contributed by atoms with Gasteiger partial charge in [-0.2, -0.15) is 0 Å². The van der Waals surface area contributed by atoms with E-state index in [0.717, 1.165) is 27.7 Å². The number of halogens is 2. The summed E-state index contributed by atoms with van der Waals surface area (Å²) < 4.78 is 36.3. The Labute approximate surface area is 177 Å². The van der Waals surface area contributed by atoms with Gasteiger partial charge in [0.1, 0.15) is 11.4 Å². The lowest BCUT2D eigenvalue weighted by Gasteiger charge is -2.42. The SMILES string of the molecule is CC1(C)COC(C)(c2cccs2)c2c1n(-c1ccc(F)c(F)c1)c1cccc(O)c21. The van der Waals surface area contributed by atoms with Crippen molar-refractivity contribution in [2.45, 2.75) is 31.8 Å². The molecule has 2 aromatic carbocycles. The van der Waals surface area contributed by atoms with Crippen LogP contribution in [0.15, 0.2) is 53.9 Å². The Balaban J connectivity index is 1.97. The Morgan fingerprint density at radius 2 is 1.83 bits per heavy atom. The number of aromatic nitrogens is 1. The van der Waals surface area contributed by atoms with Crippen molar-refractivity contribution in [3.63, 3.8) is 0 Å². The number of thiophene rings is 1. The zero-order valence-corrected chi connectivity index (χ0v) is 17.7. The van der Waals surface area contributed by atoms with Crippen molar-refractivity contribution >= 4 is 22.2 Å². The summed E-state index contributed by atoms with van der Waals surface area (Å²) in [5.41, 5.74) is 1.82. The van der Waals surface area contributed by atoms with Crippen LogP contribution in [-0.4, -0.2) is 16.3 Å². The summed E-state index contributed by atoms with van der Waals surface area (Å²) in [5.74, 6) is -1.67. The molecule has 0 bridgehead atoms. The Bertz CT molecular complexity index is 1280. The van der Waals surface area contributed by atoms with Gasteiger partial charge in [-0.05, 0) is 42.6 Å². The summed E-state index contributed by atoms with van der Waals surface area (Å²) in [4.78, 5) is 1.02. The topological polar surface area (TPSA) is 34.4 Å². The average Bonchev–Trinajstić information content (AvgIpc) is 3.36. The van der Waals surface area contributed by atoms with Crippen LogP contribution in [0.1, 0.15) is 36.9 Å². The standard InChI is InChI=1S/C24H21F2NO2S/c1-23(2)13-29-24(3,19-8-5-11-30-19)21-20-17(6-4-7-18(20)28)27(22(21)23)14-9-10-15(25)16(26)12-14/h4-12,28H,13H2,1-3H3. The number of hydrogen-bond acceptors (Lipinski definition) is 3. The molecule has 0 amide bonds. The summed E-state index contributed by atoms with van der Waals surface area (Å²) in [6.07, 6.45) is 0. The first kappa shape index (κ1) is 19.3. The van der Waals surface area contributed by atoms with E-state index in [2.05, 4.69) is 13.8 Å². The molecule has 1 aliphatic rings. The van der Waals surface area contributed by atoms with Crippen molar-refractivity contribution in [1.29, 1.82) is 0 Å². The van der Waals surface area contributed by atoms with Crippen molar-refractivity contribution in [3.05, 3.63) is 81.7 Å². The van der Waals surface area contributed by atoms with E-state index in [1.165, 1.54) is 6.07 Å². The molecule has 0 radical (unpaired) electrons. The second-order valence-corrected chi connectivity index (χ2v) is 9.46.